The van der Waals surface area contributed by atoms with Crippen LogP contribution in [0.2, 0.25) is 0 Å². The largest absolute Gasteiger partial charge is 0.383 e. The Hall–Kier alpha value is -0.980. The van der Waals surface area contributed by atoms with E-state index in [9.17, 15) is 9.59 Å². The summed E-state index contributed by atoms with van der Waals surface area (Å²) in [6, 6.07) is -0.250. The molecule has 0 aromatic heterocycles. The molecule has 2 atom stereocenters. The quantitative estimate of drug-likeness (QED) is 0.358. The van der Waals surface area contributed by atoms with Crippen molar-refractivity contribution in [3.8, 4) is 0 Å². The number of rotatable bonds is 8. The molecule has 0 saturated heterocycles. The van der Waals surface area contributed by atoms with Crippen molar-refractivity contribution in [2.24, 2.45) is 5.73 Å². The first-order valence-corrected chi connectivity index (χ1v) is 4.26. The summed E-state index contributed by atoms with van der Waals surface area (Å²) in [6.45, 7) is 0.529. The van der Waals surface area contributed by atoms with E-state index in [1.807, 2.05) is 0 Å². The van der Waals surface area contributed by atoms with Gasteiger partial charge in [-0.1, -0.05) is 0 Å². The summed E-state index contributed by atoms with van der Waals surface area (Å²) in [4.78, 5) is 21.9. The van der Waals surface area contributed by atoms with Gasteiger partial charge in [-0.15, -0.1) is 0 Å². The Kier molecular flexibility index (Phi) is 6.91. The Bertz CT molecular complexity index is 177. The van der Waals surface area contributed by atoms with Gasteiger partial charge in [-0.25, -0.2) is 0 Å². The van der Waals surface area contributed by atoms with Crippen molar-refractivity contribution in [1.29, 1.82) is 0 Å². The van der Waals surface area contributed by atoms with Crippen LogP contribution in [0.1, 0.15) is 0 Å². The van der Waals surface area contributed by atoms with E-state index >= 15 is 0 Å². The van der Waals surface area contributed by atoms with Crippen LogP contribution in [0.4, 0.5) is 0 Å². The normalized spacial score (nSPS) is 14.5. The number of amides is 1. The molecule has 1 amide bonds. The molecule has 0 bridgehead atoms. The van der Waals surface area contributed by atoms with Crippen molar-refractivity contribution >= 4 is 12.7 Å². The van der Waals surface area contributed by atoms with E-state index in [0.717, 1.165) is 6.29 Å². The highest BCUT2D eigenvalue weighted by Gasteiger charge is 2.19. The molecule has 6 heteroatoms. The number of carbonyl (C=O) groups is 2. The van der Waals surface area contributed by atoms with Crippen molar-refractivity contribution in [3.05, 3.63) is 0 Å². The average molecular weight is 203 g/mol. The highest BCUT2D eigenvalue weighted by molar-refractivity contribution is 5.52. The zero-order valence-electron chi connectivity index (χ0n) is 8.47. The van der Waals surface area contributed by atoms with Gasteiger partial charge in [0.05, 0.1) is 25.4 Å². The predicted octanol–water partition coefficient (Wildman–Crippen LogP) is -1.84. The second-order valence-corrected chi connectivity index (χ2v) is 2.90. The minimum Gasteiger partial charge on any atom is -0.383 e. The second kappa shape index (κ2) is 7.43. The summed E-state index contributed by atoms with van der Waals surface area (Å²) in [5.74, 6) is 0. The van der Waals surface area contributed by atoms with E-state index in [4.69, 9.17) is 10.5 Å². The number of carbonyl (C=O) groups excluding carboxylic acids is 2. The van der Waals surface area contributed by atoms with Gasteiger partial charge >= 0.3 is 0 Å². The number of methoxy groups -OCH3 is 1. The molecule has 14 heavy (non-hydrogen) atoms. The van der Waals surface area contributed by atoms with Crippen molar-refractivity contribution in [2.45, 2.75) is 12.2 Å². The lowest BCUT2D eigenvalue weighted by molar-refractivity contribution is -0.119. The monoisotopic (exact) mass is 203 g/mol. The minimum atomic E-state index is -0.507. The van der Waals surface area contributed by atoms with Crippen LogP contribution in [0.3, 0.4) is 0 Å². The Morgan fingerprint density at radius 2 is 2.21 bits per heavy atom. The fraction of sp³-hybridized carbons (Fsp3) is 0.750. The molecule has 0 aliphatic carbocycles. The van der Waals surface area contributed by atoms with E-state index in [2.05, 4.69) is 5.32 Å². The number of ether oxygens (including phenoxy) is 1. The Morgan fingerprint density at radius 1 is 1.57 bits per heavy atom. The lowest BCUT2D eigenvalue weighted by atomic mass is 10.2. The van der Waals surface area contributed by atoms with Gasteiger partial charge in [0, 0.05) is 14.2 Å². The Balaban J connectivity index is 4.15. The molecule has 3 N–H and O–H groups in total. The highest BCUT2D eigenvalue weighted by Crippen LogP contribution is 1.94. The van der Waals surface area contributed by atoms with Gasteiger partial charge in [0.2, 0.25) is 6.41 Å². The lowest BCUT2D eigenvalue weighted by Crippen LogP contribution is -2.56. The third-order valence-electron chi connectivity index (χ3n) is 1.86. The minimum absolute atomic E-state index is 0.189. The maximum absolute atomic E-state index is 10.4. The average Bonchev–Trinajstić information content (AvgIpc) is 2.22. The first-order chi connectivity index (χ1) is 6.67. The van der Waals surface area contributed by atoms with E-state index in [1.54, 1.807) is 7.05 Å². The summed E-state index contributed by atoms with van der Waals surface area (Å²) in [7, 11) is 3.10. The summed E-state index contributed by atoms with van der Waals surface area (Å²) in [5.41, 5.74) is 5.74. The van der Waals surface area contributed by atoms with E-state index in [0.29, 0.717) is 13.0 Å². The van der Waals surface area contributed by atoms with Crippen molar-refractivity contribution < 1.29 is 14.3 Å². The predicted molar refractivity (Wildman–Crippen MR) is 51.5 cm³/mol. The van der Waals surface area contributed by atoms with Crippen LogP contribution in [-0.4, -0.2) is 57.1 Å². The molecule has 82 valence electrons. The molecule has 0 heterocycles. The SMILES string of the molecule is COCC(NCC=O)C(N)N(C)C=O. The molecule has 0 rings (SSSR count). The van der Waals surface area contributed by atoms with E-state index in [-0.39, 0.29) is 12.6 Å². The van der Waals surface area contributed by atoms with Crippen LogP contribution in [0, 0.1) is 0 Å². The van der Waals surface area contributed by atoms with Gasteiger partial charge in [-0.3, -0.25) is 4.79 Å². The molecule has 2 unspecified atom stereocenters. The third kappa shape index (κ3) is 4.31. The highest BCUT2D eigenvalue weighted by atomic mass is 16.5. The Morgan fingerprint density at radius 3 is 2.64 bits per heavy atom. The number of likely N-dealkylation sites (N-methyl/N-ethyl adjacent to an activating group) is 1. The van der Waals surface area contributed by atoms with E-state index in [1.165, 1.54) is 12.0 Å². The van der Waals surface area contributed by atoms with Crippen LogP contribution in [-0.2, 0) is 14.3 Å². The summed E-state index contributed by atoms with van der Waals surface area (Å²) >= 11 is 0. The van der Waals surface area contributed by atoms with Crippen LogP contribution < -0.4 is 11.1 Å². The first-order valence-electron chi connectivity index (χ1n) is 4.26. The molecule has 0 aliphatic rings. The second-order valence-electron chi connectivity index (χ2n) is 2.90. The molecule has 0 aromatic rings. The van der Waals surface area contributed by atoms with Crippen LogP contribution in [0.5, 0.6) is 0 Å². The van der Waals surface area contributed by atoms with Crippen LogP contribution >= 0.6 is 0 Å². The zero-order chi connectivity index (χ0) is 11.0. The van der Waals surface area contributed by atoms with Gasteiger partial charge in [0.25, 0.3) is 0 Å². The number of nitrogens with zero attached hydrogens (tertiary/aromatic N) is 1. The maximum atomic E-state index is 10.4. The molecule has 0 spiro atoms. The fourth-order valence-corrected chi connectivity index (χ4v) is 1.01. The van der Waals surface area contributed by atoms with Gasteiger partial charge in [-0.05, 0) is 0 Å². The summed E-state index contributed by atoms with van der Waals surface area (Å²) in [6.07, 6.45) is 0.860. The Labute approximate surface area is 83.4 Å². The molecule has 0 fully saturated rings. The molecule has 0 saturated carbocycles. The first kappa shape index (κ1) is 13.0. The van der Waals surface area contributed by atoms with Crippen LogP contribution in [0.15, 0.2) is 0 Å². The number of nitrogens with one attached hydrogen (secondary N) is 1. The number of aldehydes is 1. The fourth-order valence-electron chi connectivity index (χ4n) is 1.01. The number of hydrogen-bond acceptors (Lipinski definition) is 5. The van der Waals surface area contributed by atoms with Gasteiger partial charge in [0.15, 0.2) is 0 Å². The van der Waals surface area contributed by atoms with Crippen molar-refractivity contribution in [2.75, 3.05) is 27.3 Å². The summed E-state index contributed by atoms with van der Waals surface area (Å²) in [5, 5.41) is 2.87. The molecule has 0 radical (unpaired) electrons. The smallest absolute Gasteiger partial charge is 0.210 e. The molecule has 6 nitrogen and oxygen atoms in total. The summed E-state index contributed by atoms with van der Waals surface area (Å²) < 4.78 is 4.92. The van der Waals surface area contributed by atoms with Crippen molar-refractivity contribution in [1.82, 2.24) is 10.2 Å². The van der Waals surface area contributed by atoms with Gasteiger partial charge in [-0.2, -0.15) is 0 Å². The van der Waals surface area contributed by atoms with Crippen LogP contribution in [0.25, 0.3) is 0 Å². The maximum Gasteiger partial charge on any atom is 0.210 e. The lowest BCUT2D eigenvalue weighted by Gasteiger charge is -2.28. The van der Waals surface area contributed by atoms with Crippen molar-refractivity contribution in [3.63, 3.8) is 0 Å². The molecular weight excluding hydrogens is 186 g/mol. The standard InChI is InChI=1S/C8H17N3O3/c1-11(6-13)8(9)7(5-14-2)10-3-4-12/h4,6-8,10H,3,5,9H2,1-2H3. The zero-order valence-corrected chi connectivity index (χ0v) is 8.47. The van der Waals surface area contributed by atoms with E-state index < -0.39 is 6.17 Å². The van der Waals surface area contributed by atoms with Gasteiger partial charge < -0.3 is 25.5 Å². The topological polar surface area (TPSA) is 84.7 Å². The number of nitrogens with two attached hydrogens (primary N) is 1. The third-order valence-corrected chi connectivity index (χ3v) is 1.86. The molecule has 0 aliphatic heterocycles. The molecule has 0 aromatic carbocycles. The number of hydrogen-bond donors (Lipinski definition) is 2. The molecular formula is C8H17N3O3. The van der Waals surface area contributed by atoms with Gasteiger partial charge in [0.1, 0.15) is 6.29 Å².